The van der Waals surface area contributed by atoms with Gasteiger partial charge in [0.2, 0.25) is 5.91 Å². The van der Waals surface area contributed by atoms with E-state index in [-0.39, 0.29) is 17.9 Å². The zero-order chi connectivity index (χ0) is 19.2. The van der Waals surface area contributed by atoms with E-state index in [2.05, 4.69) is 21.7 Å². The quantitative estimate of drug-likeness (QED) is 0.827. The van der Waals surface area contributed by atoms with Crippen LogP contribution in [-0.4, -0.2) is 55.2 Å². The Balaban J connectivity index is 1.60. The molecule has 1 aromatic heterocycles. The van der Waals surface area contributed by atoms with Crippen LogP contribution < -0.4 is 10.6 Å². The molecular formula is C20H29N5O2. The van der Waals surface area contributed by atoms with Gasteiger partial charge in [0, 0.05) is 32.7 Å². The average Bonchev–Trinajstić information content (AvgIpc) is 2.69. The Kier molecular flexibility index (Phi) is 6.51. The molecule has 1 saturated carbocycles. The summed E-state index contributed by atoms with van der Waals surface area (Å²) in [5.74, 6) is 1.76. The normalized spacial score (nSPS) is 25.3. The SMILES string of the molecule is CN(C)C(=O)C1CCC(Nc2ccc(C#N)c(N[C@@H]3CCCOC3)n2)CC1. The maximum atomic E-state index is 12.1. The van der Waals surface area contributed by atoms with Crippen LogP contribution in [0, 0.1) is 17.2 Å². The predicted molar refractivity (Wildman–Crippen MR) is 104 cm³/mol. The van der Waals surface area contributed by atoms with E-state index in [0.717, 1.165) is 50.9 Å². The lowest BCUT2D eigenvalue weighted by molar-refractivity contribution is -0.133. The summed E-state index contributed by atoms with van der Waals surface area (Å²) in [7, 11) is 3.64. The standard InChI is InChI=1S/C20H29N5O2/c1-25(2)20(26)14-5-8-16(9-6-14)22-18-10-7-15(12-21)19(24-18)23-17-4-3-11-27-13-17/h7,10,14,16-17H,3-6,8-9,11,13H2,1-2H3,(H2,22,23,24)/t14?,16?,17-/m1/s1. The molecule has 1 aromatic rings. The van der Waals surface area contributed by atoms with Crippen LogP contribution in [0.5, 0.6) is 0 Å². The van der Waals surface area contributed by atoms with Crippen LogP contribution in [-0.2, 0) is 9.53 Å². The fourth-order valence-corrected chi connectivity index (χ4v) is 3.85. The number of anilines is 2. The molecule has 7 heteroatoms. The summed E-state index contributed by atoms with van der Waals surface area (Å²) < 4.78 is 5.51. The lowest BCUT2D eigenvalue weighted by atomic mass is 9.85. The predicted octanol–water partition coefficient (Wildman–Crippen LogP) is 2.60. The number of hydrogen-bond acceptors (Lipinski definition) is 6. The molecule has 1 aliphatic carbocycles. The van der Waals surface area contributed by atoms with E-state index >= 15 is 0 Å². The minimum absolute atomic E-state index is 0.135. The van der Waals surface area contributed by atoms with Crippen molar-refractivity contribution in [3.05, 3.63) is 17.7 Å². The maximum absolute atomic E-state index is 12.1. The number of carbonyl (C=O) groups is 1. The van der Waals surface area contributed by atoms with Crippen molar-refractivity contribution in [3.8, 4) is 6.07 Å². The average molecular weight is 371 g/mol. The van der Waals surface area contributed by atoms with Crippen molar-refractivity contribution in [1.82, 2.24) is 9.88 Å². The maximum Gasteiger partial charge on any atom is 0.225 e. The Morgan fingerprint density at radius 2 is 1.96 bits per heavy atom. The van der Waals surface area contributed by atoms with E-state index in [0.29, 0.717) is 24.0 Å². The van der Waals surface area contributed by atoms with Crippen molar-refractivity contribution in [2.45, 2.75) is 50.6 Å². The van der Waals surface area contributed by atoms with E-state index in [1.807, 2.05) is 26.2 Å². The molecule has 3 rings (SSSR count). The number of pyridine rings is 1. The van der Waals surface area contributed by atoms with Gasteiger partial charge in [0.25, 0.3) is 0 Å². The molecule has 2 heterocycles. The highest BCUT2D eigenvalue weighted by Crippen LogP contribution is 2.28. The first-order valence-corrected chi connectivity index (χ1v) is 9.80. The van der Waals surface area contributed by atoms with E-state index in [1.165, 1.54) is 0 Å². The first kappa shape index (κ1) is 19.4. The fraction of sp³-hybridized carbons (Fsp3) is 0.650. The Labute approximate surface area is 161 Å². The number of nitrogens with one attached hydrogen (secondary N) is 2. The van der Waals surface area contributed by atoms with Gasteiger partial charge < -0.3 is 20.3 Å². The van der Waals surface area contributed by atoms with Crippen LogP contribution in [0.1, 0.15) is 44.1 Å². The van der Waals surface area contributed by atoms with Crippen molar-refractivity contribution in [3.63, 3.8) is 0 Å². The van der Waals surface area contributed by atoms with Crippen molar-refractivity contribution in [2.75, 3.05) is 37.9 Å². The fourth-order valence-electron chi connectivity index (χ4n) is 3.85. The number of ether oxygens (including phenoxy) is 1. The van der Waals surface area contributed by atoms with Gasteiger partial charge in [-0.1, -0.05) is 0 Å². The summed E-state index contributed by atoms with van der Waals surface area (Å²) in [4.78, 5) is 18.4. The summed E-state index contributed by atoms with van der Waals surface area (Å²) in [6.07, 6.45) is 5.74. The molecule has 2 N–H and O–H groups in total. The van der Waals surface area contributed by atoms with Crippen LogP contribution >= 0.6 is 0 Å². The second-order valence-electron chi connectivity index (χ2n) is 7.69. The molecule has 0 bridgehead atoms. The molecule has 1 aliphatic heterocycles. The van der Waals surface area contributed by atoms with E-state index < -0.39 is 0 Å². The van der Waals surface area contributed by atoms with Crippen LogP contribution in [0.25, 0.3) is 0 Å². The molecule has 1 amide bonds. The van der Waals surface area contributed by atoms with Gasteiger partial charge in [0.15, 0.2) is 0 Å². The second kappa shape index (κ2) is 9.05. The molecule has 0 radical (unpaired) electrons. The van der Waals surface area contributed by atoms with Crippen LogP contribution in [0.2, 0.25) is 0 Å². The number of carbonyl (C=O) groups excluding carboxylic acids is 1. The summed E-state index contributed by atoms with van der Waals surface area (Å²) in [5.41, 5.74) is 0.548. The van der Waals surface area contributed by atoms with Gasteiger partial charge >= 0.3 is 0 Å². The topological polar surface area (TPSA) is 90.3 Å². The number of hydrogen-bond donors (Lipinski definition) is 2. The molecule has 0 aromatic carbocycles. The Morgan fingerprint density at radius 1 is 1.19 bits per heavy atom. The molecule has 2 fully saturated rings. The number of aromatic nitrogens is 1. The summed E-state index contributed by atoms with van der Waals surface area (Å²) in [6.45, 7) is 1.45. The van der Waals surface area contributed by atoms with Gasteiger partial charge in [-0.3, -0.25) is 4.79 Å². The van der Waals surface area contributed by atoms with Crippen molar-refractivity contribution in [2.24, 2.45) is 5.92 Å². The van der Waals surface area contributed by atoms with E-state index in [9.17, 15) is 10.1 Å². The van der Waals surface area contributed by atoms with Crippen molar-refractivity contribution in [1.29, 1.82) is 5.26 Å². The first-order chi connectivity index (χ1) is 13.1. The molecule has 0 unspecified atom stereocenters. The lowest BCUT2D eigenvalue weighted by Gasteiger charge is -2.30. The van der Waals surface area contributed by atoms with E-state index in [4.69, 9.17) is 4.74 Å². The smallest absolute Gasteiger partial charge is 0.225 e. The summed E-state index contributed by atoms with van der Waals surface area (Å²) >= 11 is 0. The van der Waals surface area contributed by atoms with Crippen LogP contribution in [0.4, 0.5) is 11.6 Å². The number of amides is 1. The third-order valence-electron chi connectivity index (χ3n) is 5.39. The second-order valence-corrected chi connectivity index (χ2v) is 7.69. The largest absolute Gasteiger partial charge is 0.379 e. The van der Waals surface area contributed by atoms with Gasteiger partial charge in [0.1, 0.15) is 17.7 Å². The molecule has 2 aliphatic rings. The number of nitriles is 1. The molecule has 7 nitrogen and oxygen atoms in total. The molecule has 0 spiro atoms. The highest BCUT2D eigenvalue weighted by Gasteiger charge is 2.27. The Hall–Kier alpha value is -2.33. The van der Waals surface area contributed by atoms with Gasteiger partial charge in [-0.15, -0.1) is 0 Å². The van der Waals surface area contributed by atoms with Crippen LogP contribution in [0.15, 0.2) is 12.1 Å². The lowest BCUT2D eigenvalue weighted by Crippen LogP contribution is -2.35. The molecular weight excluding hydrogens is 342 g/mol. The van der Waals surface area contributed by atoms with Crippen molar-refractivity contribution >= 4 is 17.5 Å². The van der Waals surface area contributed by atoms with Crippen LogP contribution in [0.3, 0.4) is 0 Å². The summed E-state index contributed by atoms with van der Waals surface area (Å²) in [6, 6.07) is 6.38. The minimum Gasteiger partial charge on any atom is -0.379 e. The zero-order valence-electron chi connectivity index (χ0n) is 16.2. The number of nitrogens with zero attached hydrogens (tertiary/aromatic N) is 3. The third-order valence-corrected chi connectivity index (χ3v) is 5.39. The minimum atomic E-state index is 0.135. The Morgan fingerprint density at radius 3 is 2.59 bits per heavy atom. The third kappa shape index (κ3) is 5.10. The summed E-state index contributed by atoms with van der Waals surface area (Å²) in [5, 5.41) is 16.2. The first-order valence-electron chi connectivity index (χ1n) is 9.80. The molecule has 1 saturated heterocycles. The molecule has 27 heavy (non-hydrogen) atoms. The van der Waals surface area contributed by atoms with E-state index in [1.54, 1.807) is 4.90 Å². The van der Waals surface area contributed by atoms with Gasteiger partial charge in [-0.2, -0.15) is 5.26 Å². The van der Waals surface area contributed by atoms with Gasteiger partial charge in [-0.25, -0.2) is 4.98 Å². The van der Waals surface area contributed by atoms with Gasteiger partial charge in [0.05, 0.1) is 18.2 Å². The Bertz CT molecular complexity index is 686. The molecule has 1 atom stereocenters. The highest BCUT2D eigenvalue weighted by molar-refractivity contribution is 5.78. The molecule has 146 valence electrons. The number of rotatable bonds is 5. The zero-order valence-corrected chi connectivity index (χ0v) is 16.2. The van der Waals surface area contributed by atoms with Crippen molar-refractivity contribution < 1.29 is 9.53 Å². The monoisotopic (exact) mass is 371 g/mol. The van der Waals surface area contributed by atoms with Gasteiger partial charge in [-0.05, 0) is 50.7 Å². The highest BCUT2D eigenvalue weighted by atomic mass is 16.5.